The Labute approximate surface area is 101 Å². The zero-order valence-electron chi connectivity index (χ0n) is 9.97. The molecule has 0 radical (unpaired) electrons. The highest BCUT2D eigenvalue weighted by Gasteiger charge is 2.23. The summed E-state index contributed by atoms with van der Waals surface area (Å²) in [6.07, 6.45) is 9.80. The molecule has 17 heavy (non-hydrogen) atoms. The van der Waals surface area contributed by atoms with Gasteiger partial charge in [-0.2, -0.15) is 0 Å². The predicted octanol–water partition coefficient (Wildman–Crippen LogP) is 3.82. The average molecular weight is 234 g/mol. The molecular weight excluding hydrogens is 216 g/mol. The Bertz CT molecular complexity index is 385. The van der Waals surface area contributed by atoms with Crippen LogP contribution in [-0.2, 0) is 0 Å². The lowest BCUT2D eigenvalue weighted by molar-refractivity contribution is -0.390. The minimum Gasteiger partial charge on any atom is -0.358 e. The van der Waals surface area contributed by atoms with Gasteiger partial charge in [0, 0.05) is 0 Å². The Morgan fingerprint density at radius 1 is 1.18 bits per heavy atom. The summed E-state index contributed by atoms with van der Waals surface area (Å²) in [6, 6.07) is 3.68. The molecule has 2 rings (SSSR count). The van der Waals surface area contributed by atoms with Gasteiger partial charge in [-0.3, -0.25) is 0 Å². The third kappa shape index (κ3) is 3.02. The van der Waals surface area contributed by atoms with Crippen molar-refractivity contribution in [2.75, 3.05) is 0 Å². The molecule has 0 atom stereocenters. The van der Waals surface area contributed by atoms with Crippen LogP contribution in [0.5, 0.6) is 0 Å². The number of aromatic nitrogens is 1. The molecule has 92 valence electrons. The molecule has 0 aliphatic heterocycles. The van der Waals surface area contributed by atoms with Crippen LogP contribution in [0.25, 0.3) is 0 Å². The molecule has 0 N–H and O–H groups in total. The fourth-order valence-electron chi connectivity index (χ4n) is 2.65. The summed E-state index contributed by atoms with van der Waals surface area (Å²) in [5.41, 5.74) is 0.833. The standard InChI is InChI=1S/C13H18N2O2/c16-15(17)13-12(9-6-10-14-13)11-7-4-2-1-3-5-8-11/h6,9-11H,1-5,7-8H2. The van der Waals surface area contributed by atoms with Crippen molar-refractivity contribution in [1.82, 2.24) is 4.98 Å². The molecular formula is C13H18N2O2. The van der Waals surface area contributed by atoms with Crippen molar-refractivity contribution in [1.29, 1.82) is 0 Å². The van der Waals surface area contributed by atoms with Crippen molar-refractivity contribution >= 4 is 5.82 Å². The number of hydrogen-bond donors (Lipinski definition) is 0. The quantitative estimate of drug-likeness (QED) is 0.577. The van der Waals surface area contributed by atoms with Gasteiger partial charge in [0.1, 0.15) is 6.20 Å². The molecule has 0 aromatic carbocycles. The zero-order chi connectivity index (χ0) is 12.1. The van der Waals surface area contributed by atoms with E-state index in [0.29, 0.717) is 5.92 Å². The Morgan fingerprint density at radius 3 is 2.47 bits per heavy atom. The fourth-order valence-corrected chi connectivity index (χ4v) is 2.65. The van der Waals surface area contributed by atoms with E-state index < -0.39 is 0 Å². The van der Waals surface area contributed by atoms with Crippen LogP contribution in [0, 0.1) is 10.1 Å². The topological polar surface area (TPSA) is 56.0 Å². The van der Waals surface area contributed by atoms with Crippen LogP contribution in [0.2, 0.25) is 0 Å². The van der Waals surface area contributed by atoms with Crippen LogP contribution in [0.3, 0.4) is 0 Å². The van der Waals surface area contributed by atoms with Gasteiger partial charge in [0.25, 0.3) is 0 Å². The monoisotopic (exact) mass is 234 g/mol. The Balaban J connectivity index is 2.21. The van der Waals surface area contributed by atoms with Gasteiger partial charge in [-0.15, -0.1) is 0 Å². The number of nitrogens with zero attached hydrogens (tertiary/aromatic N) is 2. The van der Waals surface area contributed by atoms with E-state index in [9.17, 15) is 10.1 Å². The van der Waals surface area contributed by atoms with E-state index in [1.54, 1.807) is 6.07 Å². The van der Waals surface area contributed by atoms with Crippen molar-refractivity contribution in [2.45, 2.75) is 50.9 Å². The van der Waals surface area contributed by atoms with Crippen molar-refractivity contribution in [2.24, 2.45) is 0 Å². The van der Waals surface area contributed by atoms with Crippen LogP contribution in [0.4, 0.5) is 5.82 Å². The Kier molecular flexibility index (Phi) is 4.07. The molecule has 1 aromatic heterocycles. The SMILES string of the molecule is O=[N+]([O-])c1ncccc1C1CCCCCCC1. The Morgan fingerprint density at radius 2 is 1.82 bits per heavy atom. The van der Waals surface area contributed by atoms with Gasteiger partial charge in [0.2, 0.25) is 0 Å². The lowest BCUT2D eigenvalue weighted by Crippen LogP contribution is -2.06. The molecule has 0 amide bonds. The van der Waals surface area contributed by atoms with Gasteiger partial charge >= 0.3 is 5.82 Å². The summed E-state index contributed by atoms with van der Waals surface area (Å²) in [5, 5.41) is 11.0. The first kappa shape index (κ1) is 12.0. The molecule has 0 unspecified atom stereocenters. The number of pyridine rings is 1. The third-order valence-corrected chi connectivity index (χ3v) is 3.53. The van der Waals surface area contributed by atoms with Crippen molar-refractivity contribution in [3.63, 3.8) is 0 Å². The fraction of sp³-hybridized carbons (Fsp3) is 0.615. The zero-order valence-corrected chi connectivity index (χ0v) is 9.97. The number of nitro groups is 1. The van der Waals surface area contributed by atoms with Crippen molar-refractivity contribution in [3.05, 3.63) is 34.0 Å². The van der Waals surface area contributed by atoms with E-state index in [0.717, 1.165) is 18.4 Å². The first-order chi connectivity index (χ1) is 8.29. The first-order valence-corrected chi connectivity index (χ1v) is 6.38. The third-order valence-electron chi connectivity index (χ3n) is 3.53. The summed E-state index contributed by atoms with van der Waals surface area (Å²) >= 11 is 0. The predicted molar refractivity (Wildman–Crippen MR) is 66.0 cm³/mol. The van der Waals surface area contributed by atoms with Crippen molar-refractivity contribution in [3.8, 4) is 0 Å². The maximum Gasteiger partial charge on any atom is 0.366 e. The second-order valence-electron chi connectivity index (χ2n) is 4.72. The molecule has 1 fully saturated rings. The number of rotatable bonds is 2. The minimum atomic E-state index is -0.353. The highest BCUT2D eigenvalue weighted by molar-refractivity contribution is 5.35. The highest BCUT2D eigenvalue weighted by atomic mass is 16.6. The van der Waals surface area contributed by atoms with Gasteiger partial charge in [0.15, 0.2) is 0 Å². The highest BCUT2D eigenvalue weighted by Crippen LogP contribution is 2.34. The molecule has 0 spiro atoms. The van der Waals surface area contributed by atoms with Gasteiger partial charge in [0.05, 0.1) is 5.56 Å². The van der Waals surface area contributed by atoms with Crippen LogP contribution in [-0.4, -0.2) is 9.91 Å². The molecule has 0 saturated heterocycles. The molecule has 4 heteroatoms. The van der Waals surface area contributed by atoms with Crippen LogP contribution < -0.4 is 0 Å². The largest absolute Gasteiger partial charge is 0.366 e. The van der Waals surface area contributed by atoms with Gasteiger partial charge in [-0.1, -0.05) is 32.1 Å². The lowest BCUT2D eigenvalue weighted by atomic mass is 9.86. The first-order valence-electron chi connectivity index (χ1n) is 6.38. The summed E-state index contributed by atoms with van der Waals surface area (Å²) in [4.78, 5) is 14.5. The molecule has 1 aliphatic carbocycles. The second kappa shape index (κ2) is 5.75. The van der Waals surface area contributed by atoms with Crippen molar-refractivity contribution < 1.29 is 4.92 Å². The molecule has 1 aromatic rings. The molecule has 0 bridgehead atoms. The molecule has 1 aliphatic rings. The normalized spacial score (nSPS) is 18.4. The second-order valence-corrected chi connectivity index (χ2v) is 4.72. The summed E-state index contributed by atoms with van der Waals surface area (Å²) < 4.78 is 0. The summed E-state index contributed by atoms with van der Waals surface area (Å²) in [5.74, 6) is 0.377. The van der Waals surface area contributed by atoms with Crippen LogP contribution in [0.15, 0.2) is 18.3 Å². The number of hydrogen-bond acceptors (Lipinski definition) is 3. The Hall–Kier alpha value is -1.45. The van der Waals surface area contributed by atoms with E-state index in [-0.39, 0.29) is 10.7 Å². The summed E-state index contributed by atoms with van der Waals surface area (Å²) in [6.45, 7) is 0. The van der Waals surface area contributed by atoms with Gasteiger partial charge < -0.3 is 10.1 Å². The van der Waals surface area contributed by atoms with E-state index in [4.69, 9.17) is 0 Å². The minimum absolute atomic E-state index is 0.0538. The molecule has 1 saturated carbocycles. The maximum absolute atomic E-state index is 11.0. The lowest BCUT2D eigenvalue weighted by Gasteiger charge is -2.19. The van der Waals surface area contributed by atoms with Crippen LogP contribution >= 0.6 is 0 Å². The molecule has 1 heterocycles. The van der Waals surface area contributed by atoms with Gasteiger partial charge in [-0.25, -0.2) is 0 Å². The smallest absolute Gasteiger partial charge is 0.358 e. The van der Waals surface area contributed by atoms with Gasteiger partial charge in [-0.05, 0) is 40.8 Å². The molecule has 4 nitrogen and oxygen atoms in total. The van der Waals surface area contributed by atoms with E-state index in [2.05, 4.69) is 4.98 Å². The van der Waals surface area contributed by atoms with E-state index in [1.807, 2.05) is 6.07 Å². The average Bonchev–Trinajstić information content (AvgIpc) is 2.28. The maximum atomic E-state index is 11.0. The summed E-state index contributed by atoms with van der Waals surface area (Å²) in [7, 11) is 0. The van der Waals surface area contributed by atoms with Crippen LogP contribution in [0.1, 0.15) is 56.4 Å². The van der Waals surface area contributed by atoms with E-state index >= 15 is 0 Å². The van der Waals surface area contributed by atoms with E-state index in [1.165, 1.54) is 38.3 Å².